The van der Waals surface area contributed by atoms with Crippen molar-refractivity contribution in [3.8, 4) is 56.3 Å². The van der Waals surface area contributed by atoms with E-state index in [0.717, 1.165) is 67.1 Å². The Kier molecular flexibility index (Phi) is 37.2. The third kappa shape index (κ3) is 25.6. The summed E-state index contributed by atoms with van der Waals surface area (Å²) in [6.07, 6.45) is 11.5. The summed E-state index contributed by atoms with van der Waals surface area (Å²) in [5.41, 5.74) is 12.9. The van der Waals surface area contributed by atoms with Gasteiger partial charge in [-0.3, -0.25) is 14.0 Å². The number of ketones is 2. The van der Waals surface area contributed by atoms with E-state index in [1.54, 1.807) is 19.2 Å². The van der Waals surface area contributed by atoms with Crippen molar-refractivity contribution in [2.75, 3.05) is 0 Å². The van der Waals surface area contributed by atoms with Gasteiger partial charge < -0.3 is 35.1 Å². The molecule has 0 aliphatic carbocycles. The Hall–Kier alpha value is -9.15. The quantitative estimate of drug-likeness (QED) is 0.0907. The summed E-state index contributed by atoms with van der Waals surface area (Å²) in [7, 11) is 0. The third-order valence-corrected chi connectivity index (χ3v) is 14.9. The molecule has 0 amide bonds. The van der Waals surface area contributed by atoms with E-state index in [0.29, 0.717) is 5.56 Å². The van der Waals surface area contributed by atoms with Crippen molar-refractivity contribution in [3.63, 3.8) is 0 Å². The number of aliphatic hydroxyl groups excluding tert-OH is 2. The zero-order valence-corrected chi connectivity index (χ0v) is 69.2. The summed E-state index contributed by atoms with van der Waals surface area (Å²) in [5.74, 6) is -0.362. The summed E-state index contributed by atoms with van der Waals surface area (Å²) in [5, 5.41) is 28.5. The first-order valence-corrected chi connectivity index (χ1v) is 31.6. The number of hydrogen-bond donors (Lipinski definition) is 2. The minimum absolute atomic E-state index is 0. The first-order valence-electron chi connectivity index (χ1n) is 31.6. The van der Waals surface area contributed by atoms with Gasteiger partial charge in [-0.2, -0.15) is 0 Å². The molecule has 15 rings (SSSR count). The van der Waals surface area contributed by atoms with Crippen molar-refractivity contribution in [2.24, 2.45) is 0 Å². The predicted octanol–water partition coefficient (Wildman–Crippen LogP) is 21.6. The molecule has 0 unspecified atom stereocenters. The van der Waals surface area contributed by atoms with Gasteiger partial charge >= 0.3 is 0 Å². The number of pyridine rings is 5. The summed E-state index contributed by atoms with van der Waals surface area (Å²) in [6, 6.07) is 98.6. The van der Waals surface area contributed by atoms with Crippen molar-refractivity contribution >= 4 is 65.4 Å². The van der Waals surface area contributed by atoms with Crippen LogP contribution in [0.15, 0.2) is 303 Å². The molecular formula is C88H71FIr5N5O4-5. The van der Waals surface area contributed by atoms with Crippen LogP contribution in [0.2, 0.25) is 0 Å². The van der Waals surface area contributed by atoms with E-state index in [4.69, 9.17) is 10.2 Å². The second-order valence-corrected chi connectivity index (χ2v) is 22.7. The third-order valence-electron chi connectivity index (χ3n) is 14.9. The minimum atomic E-state index is -0.237. The van der Waals surface area contributed by atoms with Crippen LogP contribution < -0.4 is 0 Å². The molecule has 0 saturated carbocycles. The van der Waals surface area contributed by atoms with Gasteiger partial charge in [-0.15, -0.1) is 166 Å². The number of aliphatic hydroxyl groups is 2. The molecule has 0 fully saturated rings. The van der Waals surface area contributed by atoms with Gasteiger partial charge in [0.2, 0.25) is 0 Å². The SMILES string of the molecule is CC(=O)C=C(C)O.CC(=O)C=C(C)O.Cc1c[c-]c(-c2nccc3ccccc23)cc1.Cc1c[c-]c(-c2nccc3ccccc23)cc1.Cc1cc(-c2nccc3ccccc23)[c-]cc1F.[Ir].[Ir].[Ir].[Ir].[Ir].[c-]1ccccc1-c1nccc2ccccc12.[c-]1ccccc1-c1nccc2ccccc12. The maximum absolute atomic E-state index is 13.3. The zero-order chi connectivity index (χ0) is 69.2. The fraction of sp³-hybridized carbons (Fsp3) is 0.0795. The molecule has 5 radical (unpaired) electrons. The molecule has 9 nitrogen and oxygen atoms in total. The van der Waals surface area contributed by atoms with Gasteiger partial charge in [0.1, 0.15) is 0 Å². The number of carbonyl (C=O) groups excluding carboxylic acids is 2. The van der Waals surface area contributed by atoms with Crippen LogP contribution in [-0.4, -0.2) is 46.7 Å². The Bertz CT molecular complexity index is 4930. The van der Waals surface area contributed by atoms with Gasteiger partial charge in [-0.05, 0) is 140 Å². The topological polar surface area (TPSA) is 139 Å². The largest absolute Gasteiger partial charge is 0.512 e. The molecule has 0 saturated heterocycles. The summed E-state index contributed by atoms with van der Waals surface area (Å²) in [4.78, 5) is 42.3. The number of aromatic nitrogens is 5. The molecule has 529 valence electrons. The molecule has 0 aliphatic heterocycles. The van der Waals surface area contributed by atoms with Crippen LogP contribution in [0.3, 0.4) is 0 Å². The average Bonchev–Trinajstić information content (AvgIpc) is 0.826. The Morgan fingerprint density at radius 3 is 0.825 bits per heavy atom. The van der Waals surface area contributed by atoms with Gasteiger partial charge in [0, 0.05) is 149 Å². The Balaban J connectivity index is 0.000000258. The van der Waals surface area contributed by atoms with Crippen LogP contribution in [0.5, 0.6) is 0 Å². The Labute approximate surface area is 669 Å². The standard InChI is InChI=1S/C16H11FN.2C16H12N.2C15H10N.2C5H8O2.5Ir/c1-11-10-13(6-7-15(11)17)16-14-5-3-2-4-12(14)8-9-18-16;2*1-12-6-8-14(9-7-12)16-15-5-3-2-4-13(15)10-11-17-16;2*1-2-7-13(8-3-1)15-14-9-5-4-6-12(14)10-11-16-15;2*1-4(6)3-5(2)7;;;;;/h2-5,7-10H,1H3;2*2-8,10-11H,1H3;2*1-7,9-11H;2*3,6H,1-2H3;;;;;/q5*-1;;;;;;;. The van der Waals surface area contributed by atoms with Crippen LogP contribution >= 0.6 is 0 Å². The molecule has 0 aliphatic rings. The molecule has 10 aromatic carbocycles. The van der Waals surface area contributed by atoms with E-state index in [2.05, 4.69) is 142 Å². The molecule has 0 atom stereocenters. The first-order chi connectivity index (χ1) is 47.6. The van der Waals surface area contributed by atoms with E-state index < -0.39 is 0 Å². The molecule has 0 spiro atoms. The van der Waals surface area contributed by atoms with E-state index in [9.17, 15) is 14.0 Å². The fourth-order valence-electron chi connectivity index (χ4n) is 10.4. The van der Waals surface area contributed by atoms with Gasteiger partial charge in [0.15, 0.2) is 11.6 Å². The van der Waals surface area contributed by atoms with E-state index in [-0.39, 0.29) is 129 Å². The molecule has 2 N–H and O–H groups in total. The van der Waals surface area contributed by atoms with Crippen molar-refractivity contribution in [3.05, 3.63) is 356 Å². The molecule has 5 aromatic heterocycles. The molecule has 15 heteroatoms. The Morgan fingerprint density at radius 1 is 0.330 bits per heavy atom. The second kappa shape index (κ2) is 44.4. The van der Waals surface area contributed by atoms with Gasteiger partial charge in [0.25, 0.3) is 0 Å². The Morgan fingerprint density at radius 2 is 0.592 bits per heavy atom. The van der Waals surface area contributed by atoms with E-state index >= 15 is 0 Å². The average molecular weight is 2240 g/mol. The molecule has 103 heavy (non-hydrogen) atoms. The monoisotopic (exact) mass is 2250 g/mol. The van der Waals surface area contributed by atoms with Crippen molar-refractivity contribution in [2.45, 2.75) is 48.5 Å². The molecule has 5 heterocycles. The number of fused-ring (bicyclic) bond motifs is 5. The van der Waals surface area contributed by atoms with Gasteiger partial charge in [0.05, 0.1) is 11.5 Å². The van der Waals surface area contributed by atoms with Crippen LogP contribution in [0.4, 0.5) is 4.39 Å². The minimum Gasteiger partial charge on any atom is -0.512 e. The van der Waals surface area contributed by atoms with Crippen LogP contribution in [-0.2, 0) is 110 Å². The van der Waals surface area contributed by atoms with Crippen molar-refractivity contribution in [1.82, 2.24) is 24.9 Å². The van der Waals surface area contributed by atoms with Crippen LogP contribution in [0, 0.1) is 56.9 Å². The maximum Gasteiger partial charge on any atom is 0.155 e. The number of nitrogens with zero attached hydrogens (tertiary/aromatic N) is 5. The summed E-state index contributed by atoms with van der Waals surface area (Å²) in [6.45, 7) is 11.6. The number of benzene rings is 10. The van der Waals surface area contributed by atoms with E-state index in [1.165, 1.54) is 100 Å². The molecule has 15 aromatic rings. The van der Waals surface area contributed by atoms with Crippen molar-refractivity contribution < 1.29 is 125 Å². The number of hydrogen-bond acceptors (Lipinski definition) is 9. The number of rotatable bonds is 7. The maximum atomic E-state index is 13.3. The summed E-state index contributed by atoms with van der Waals surface area (Å²) < 4.78 is 13.3. The zero-order valence-electron chi connectivity index (χ0n) is 57.2. The second-order valence-electron chi connectivity index (χ2n) is 22.7. The normalized spacial score (nSPS) is 10.2. The molecular weight excluding hydrogens is 2170 g/mol. The van der Waals surface area contributed by atoms with Crippen LogP contribution in [0.25, 0.3) is 110 Å². The van der Waals surface area contributed by atoms with Crippen molar-refractivity contribution in [1.29, 1.82) is 0 Å². The summed E-state index contributed by atoms with van der Waals surface area (Å²) >= 11 is 0. The van der Waals surface area contributed by atoms with Gasteiger partial charge in [-0.25, -0.2) is 0 Å². The predicted molar refractivity (Wildman–Crippen MR) is 398 cm³/mol. The number of allylic oxidation sites excluding steroid dienone is 4. The number of carbonyl (C=O) groups is 2. The number of halogens is 1. The first kappa shape index (κ1) is 86.3. The van der Waals surface area contributed by atoms with Gasteiger partial charge in [-0.1, -0.05) is 148 Å². The molecule has 0 bridgehead atoms. The number of aryl methyl sites for hydroxylation is 3. The van der Waals surface area contributed by atoms with Crippen LogP contribution in [0.1, 0.15) is 44.4 Å². The fourth-order valence-corrected chi connectivity index (χ4v) is 10.4. The van der Waals surface area contributed by atoms with E-state index in [1.807, 2.05) is 189 Å². The smallest absolute Gasteiger partial charge is 0.155 e.